The molecule has 1 aliphatic carbocycles. The van der Waals surface area contributed by atoms with Gasteiger partial charge in [-0.15, -0.1) is 0 Å². The van der Waals surface area contributed by atoms with Crippen molar-refractivity contribution in [2.24, 2.45) is 11.8 Å². The van der Waals surface area contributed by atoms with Gasteiger partial charge in [0.2, 0.25) is 5.91 Å². The lowest BCUT2D eigenvalue weighted by Crippen LogP contribution is -2.30. The summed E-state index contributed by atoms with van der Waals surface area (Å²) >= 11 is 0. The molecule has 3 heterocycles. The van der Waals surface area contributed by atoms with E-state index in [1.165, 1.54) is 12.8 Å². The summed E-state index contributed by atoms with van der Waals surface area (Å²) in [5.74, 6) is 1.74. The van der Waals surface area contributed by atoms with Gasteiger partial charge in [0.1, 0.15) is 17.4 Å². The fourth-order valence-electron chi connectivity index (χ4n) is 4.27. The third kappa shape index (κ3) is 3.99. The highest BCUT2D eigenvalue weighted by molar-refractivity contribution is 5.88. The highest BCUT2D eigenvalue weighted by atomic mass is 16.5. The Balaban J connectivity index is 1.53. The Morgan fingerprint density at radius 1 is 1.31 bits per heavy atom. The van der Waals surface area contributed by atoms with Crippen LogP contribution in [0.15, 0.2) is 30.9 Å². The Labute approximate surface area is 187 Å². The number of ether oxygens (including phenoxy) is 1. The van der Waals surface area contributed by atoms with Crippen LogP contribution >= 0.6 is 0 Å². The van der Waals surface area contributed by atoms with E-state index in [1.54, 1.807) is 4.68 Å². The van der Waals surface area contributed by atoms with Crippen LogP contribution in [0.2, 0.25) is 0 Å². The van der Waals surface area contributed by atoms with Crippen LogP contribution in [-0.2, 0) is 16.9 Å². The molecule has 5 rings (SSSR count). The van der Waals surface area contributed by atoms with Gasteiger partial charge in [-0.2, -0.15) is 5.10 Å². The number of imidazole rings is 1. The maximum atomic E-state index is 11.7. The summed E-state index contributed by atoms with van der Waals surface area (Å²) in [5.41, 5.74) is 3.33. The number of amides is 1. The van der Waals surface area contributed by atoms with Gasteiger partial charge in [0.15, 0.2) is 0 Å². The summed E-state index contributed by atoms with van der Waals surface area (Å²) in [4.78, 5) is 16.4. The van der Waals surface area contributed by atoms with Crippen LogP contribution in [0.3, 0.4) is 0 Å². The number of fused-ring (bicyclic) bond motifs is 1. The van der Waals surface area contributed by atoms with Gasteiger partial charge in [-0.1, -0.05) is 0 Å². The topological polar surface area (TPSA) is 94.2 Å². The van der Waals surface area contributed by atoms with Gasteiger partial charge in [0.25, 0.3) is 0 Å². The lowest BCUT2D eigenvalue weighted by molar-refractivity contribution is -0.119. The van der Waals surface area contributed by atoms with Crippen LogP contribution < -0.4 is 10.1 Å². The summed E-state index contributed by atoms with van der Waals surface area (Å²) in [6.45, 7) is 7.52. The molecular formula is C24H31N5O3. The van der Waals surface area contributed by atoms with Crippen molar-refractivity contribution in [3.63, 3.8) is 0 Å². The molecule has 1 amide bonds. The molecule has 3 aromatic rings. The van der Waals surface area contributed by atoms with E-state index in [2.05, 4.69) is 32.1 Å². The second-order valence-electron chi connectivity index (χ2n) is 9.92. The van der Waals surface area contributed by atoms with E-state index in [0.717, 1.165) is 34.5 Å². The molecule has 2 aromatic heterocycles. The lowest BCUT2D eigenvalue weighted by Gasteiger charge is -2.22. The minimum atomic E-state index is -0.482. The number of rotatable bonds is 8. The predicted octanol–water partition coefficient (Wildman–Crippen LogP) is 2.94. The van der Waals surface area contributed by atoms with Crippen molar-refractivity contribution in [2.45, 2.75) is 58.2 Å². The Morgan fingerprint density at radius 2 is 2.12 bits per heavy atom. The van der Waals surface area contributed by atoms with Gasteiger partial charge in [0.05, 0.1) is 30.2 Å². The van der Waals surface area contributed by atoms with Crippen LogP contribution in [0.4, 0.5) is 0 Å². The molecule has 0 bridgehead atoms. The molecule has 0 unspecified atom stereocenters. The average Bonchev–Trinajstić information content (AvgIpc) is 3.15. The van der Waals surface area contributed by atoms with Gasteiger partial charge in [-0.05, 0) is 57.2 Å². The second kappa shape index (κ2) is 7.92. The number of carbonyl (C=O) groups is 1. The first-order valence-corrected chi connectivity index (χ1v) is 11.4. The lowest BCUT2D eigenvalue weighted by atomic mass is 10.0. The van der Waals surface area contributed by atoms with Crippen LogP contribution in [0.25, 0.3) is 22.2 Å². The van der Waals surface area contributed by atoms with Crippen LogP contribution in [0, 0.1) is 11.8 Å². The maximum absolute atomic E-state index is 11.7. The van der Waals surface area contributed by atoms with E-state index < -0.39 is 5.54 Å². The molecule has 2 N–H and O–H groups in total. The smallest absolute Gasteiger partial charge is 0.220 e. The number of hydrogen-bond acceptors (Lipinski definition) is 5. The van der Waals surface area contributed by atoms with Crippen molar-refractivity contribution in [3.8, 4) is 16.9 Å². The number of aromatic nitrogens is 4. The summed E-state index contributed by atoms with van der Waals surface area (Å²) in [6, 6.07) is 4.13. The number of benzene rings is 1. The molecule has 32 heavy (non-hydrogen) atoms. The zero-order valence-corrected chi connectivity index (χ0v) is 18.9. The van der Waals surface area contributed by atoms with Crippen LogP contribution in [0.5, 0.6) is 5.75 Å². The zero-order valence-electron chi connectivity index (χ0n) is 18.9. The van der Waals surface area contributed by atoms with Crippen LogP contribution in [0.1, 0.15) is 40.0 Å². The van der Waals surface area contributed by atoms with E-state index in [1.807, 2.05) is 39.5 Å². The minimum absolute atomic E-state index is 0.00124. The average molecular weight is 438 g/mol. The summed E-state index contributed by atoms with van der Waals surface area (Å²) in [5, 5.41) is 17.1. The standard InChI is InChI=1S/C24H31N5O3/c1-15(18-8-22(31)25-9-18)32-21-7-17(19-10-27-29(12-19)24(2,3)13-30)6-20-23(21)28(14-26-20)11-16-4-5-16/h6-7,10,12,14-16,18,30H,4-5,8-9,11,13H2,1-3H3,(H,25,31)/t15-,18-/m1/s1. The summed E-state index contributed by atoms with van der Waals surface area (Å²) in [6.07, 6.45) is 8.59. The number of nitrogens with zero attached hydrogens (tertiary/aromatic N) is 4. The molecule has 8 nitrogen and oxygen atoms in total. The molecule has 0 spiro atoms. The highest BCUT2D eigenvalue weighted by Gasteiger charge is 2.29. The van der Waals surface area contributed by atoms with E-state index in [0.29, 0.717) is 18.9 Å². The fraction of sp³-hybridized carbons (Fsp3) is 0.542. The Bertz CT molecular complexity index is 1140. The first kappa shape index (κ1) is 21.0. The highest BCUT2D eigenvalue weighted by Crippen LogP contribution is 2.37. The van der Waals surface area contributed by atoms with E-state index in [4.69, 9.17) is 4.74 Å². The fourth-order valence-corrected chi connectivity index (χ4v) is 4.27. The van der Waals surface area contributed by atoms with Gasteiger partial charge in [-0.25, -0.2) is 4.98 Å². The molecular weight excluding hydrogens is 406 g/mol. The molecule has 1 saturated carbocycles. The molecule has 2 fully saturated rings. The third-order valence-corrected chi connectivity index (χ3v) is 6.74. The van der Waals surface area contributed by atoms with E-state index in [9.17, 15) is 9.90 Å². The van der Waals surface area contributed by atoms with Gasteiger partial charge < -0.3 is 19.7 Å². The van der Waals surface area contributed by atoms with Crippen LogP contribution in [-0.4, -0.2) is 49.6 Å². The van der Waals surface area contributed by atoms with Crippen molar-refractivity contribution >= 4 is 16.9 Å². The van der Waals surface area contributed by atoms with Crippen molar-refractivity contribution < 1.29 is 14.6 Å². The SMILES string of the molecule is C[C@@H](Oc1cc(-c2cnn(C(C)(C)CO)c2)cc2ncn(CC3CC3)c12)[C@H]1CNC(=O)C1. The van der Waals surface area contributed by atoms with Crippen molar-refractivity contribution in [1.29, 1.82) is 0 Å². The predicted molar refractivity (Wildman–Crippen MR) is 121 cm³/mol. The Hall–Kier alpha value is -2.87. The maximum Gasteiger partial charge on any atom is 0.220 e. The normalized spacial score (nSPS) is 20.0. The Kier molecular flexibility index (Phi) is 5.20. The zero-order chi connectivity index (χ0) is 22.5. The van der Waals surface area contributed by atoms with Crippen molar-refractivity contribution in [3.05, 3.63) is 30.9 Å². The van der Waals surface area contributed by atoms with Gasteiger partial charge in [0, 0.05) is 37.2 Å². The summed E-state index contributed by atoms with van der Waals surface area (Å²) in [7, 11) is 0. The van der Waals surface area contributed by atoms with Gasteiger partial charge >= 0.3 is 0 Å². The quantitative estimate of drug-likeness (QED) is 0.565. The molecule has 2 aliphatic rings. The molecule has 1 aromatic carbocycles. The number of hydrogen-bond donors (Lipinski definition) is 2. The number of nitrogens with one attached hydrogen (secondary N) is 1. The number of aliphatic hydroxyl groups is 1. The number of carbonyl (C=O) groups excluding carboxylic acids is 1. The van der Waals surface area contributed by atoms with E-state index in [-0.39, 0.29) is 24.5 Å². The largest absolute Gasteiger partial charge is 0.488 e. The van der Waals surface area contributed by atoms with E-state index >= 15 is 0 Å². The third-order valence-electron chi connectivity index (χ3n) is 6.74. The summed E-state index contributed by atoms with van der Waals surface area (Å²) < 4.78 is 10.5. The number of aliphatic hydroxyl groups excluding tert-OH is 1. The van der Waals surface area contributed by atoms with Crippen molar-refractivity contribution in [2.75, 3.05) is 13.2 Å². The molecule has 1 saturated heterocycles. The minimum Gasteiger partial charge on any atom is -0.488 e. The molecule has 8 heteroatoms. The molecule has 170 valence electrons. The molecule has 0 radical (unpaired) electrons. The van der Waals surface area contributed by atoms with Gasteiger partial charge in [-0.3, -0.25) is 9.48 Å². The second-order valence-corrected chi connectivity index (χ2v) is 9.92. The molecule has 2 atom stereocenters. The first-order chi connectivity index (χ1) is 15.3. The monoisotopic (exact) mass is 437 g/mol. The van der Waals surface area contributed by atoms with Crippen molar-refractivity contribution in [1.82, 2.24) is 24.6 Å². The molecule has 1 aliphatic heterocycles. The first-order valence-electron chi connectivity index (χ1n) is 11.4. The Morgan fingerprint density at radius 3 is 2.81 bits per heavy atom.